The molecule has 116 valence electrons. The van der Waals surface area contributed by atoms with E-state index in [-0.39, 0.29) is 17.9 Å². The summed E-state index contributed by atoms with van der Waals surface area (Å²) >= 11 is 6.15. The van der Waals surface area contributed by atoms with E-state index >= 15 is 0 Å². The van der Waals surface area contributed by atoms with Crippen molar-refractivity contribution in [1.82, 2.24) is 10.2 Å². The van der Waals surface area contributed by atoms with E-state index in [0.29, 0.717) is 18.0 Å². The highest BCUT2D eigenvalue weighted by Gasteiger charge is 2.25. The van der Waals surface area contributed by atoms with Gasteiger partial charge in [-0.2, -0.15) is 0 Å². The molecule has 0 spiro atoms. The predicted molar refractivity (Wildman–Crippen MR) is 85.0 cm³/mol. The predicted octanol–water partition coefficient (Wildman–Crippen LogP) is 2.99. The second kappa shape index (κ2) is 8.03. The molecule has 1 rings (SSSR count). The van der Waals surface area contributed by atoms with Gasteiger partial charge in [0.05, 0.1) is 0 Å². The number of amides is 2. The number of nitrogens with zero attached hydrogens (tertiary/aromatic N) is 1. The zero-order chi connectivity index (χ0) is 16.0. The van der Waals surface area contributed by atoms with Gasteiger partial charge < -0.3 is 10.2 Å². The Hall–Kier alpha value is -1.55. The first-order chi connectivity index (χ1) is 9.86. The monoisotopic (exact) mass is 310 g/mol. The maximum absolute atomic E-state index is 12.2. The highest BCUT2D eigenvalue weighted by Crippen LogP contribution is 2.19. The third-order valence-electron chi connectivity index (χ3n) is 3.20. The number of nitrogens with one attached hydrogen (secondary N) is 1. The van der Waals surface area contributed by atoms with Gasteiger partial charge in [-0.15, -0.1) is 0 Å². The molecule has 1 atom stereocenters. The zero-order valence-electron chi connectivity index (χ0n) is 13.0. The van der Waals surface area contributed by atoms with Crippen LogP contribution in [0.3, 0.4) is 0 Å². The second-order valence-corrected chi connectivity index (χ2v) is 5.71. The largest absolute Gasteiger partial charge is 0.352 e. The molecule has 0 aliphatic heterocycles. The minimum Gasteiger partial charge on any atom is -0.352 e. The molecule has 0 unspecified atom stereocenters. The van der Waals surface area contributed by atoms with Gasteiger partial charge in [-0.25, -0.2) is 0 Å². The van der Waals surface area contributed by atoms with E-state index in [1.807, 2.05) is 32.0 Å². The number of rotatable bonds is 6. The molecule has 0 saturated carbocycles. The van der Waals surface area contributed by atoms with Crippen molar-refractivity contribution in [3.05, 3.63) is 34.9 Å². The van der Waals surface area contributed by atoms with Gasteiger partial charge in [0.2, 0.25) is 11.8 Å². The van der Waals surface area contributed by atoms with E-state index in [1.54, 1.807) is 24.8 Å². The van der Waals surface area contributed by atoms with Crippen molar-refractivity contribution in [2.24, 2.45) is 0 Å². The summed E-state index contributed by atoms with van der Waals surface area (Å²) in [6.45, 7) is 7.64. The number of hydrogen-bond donors (Lipinski definition) is 1. The fourth-order valence-corrected chi connectivity index (χ4v) is 2.20. The normalized spacial score (nSPS) is 12.1. The molecular weight excluding hydrogens is 288 g/mol. The Kier molecular flexibility index (Phi) is 6.69. The van der Waals surface area contributed by atoms with Crippen molar-refractivity contribution in [1.29, 1.82) is 0 Å². The Morgan fingerprint density at radius 1 is 1.24 bits per heavy atom. The summed E-state index contributed by atoms with van der Waals surface area (Å²) in [5, 5.41) is 3.44. The molecule has 0 radical (unpaired) electrons. The third kappa shape index (κ3) is 5.05. The van der Waals surface area contributed by atoms with Crippen LogP contribution in [0.5, 0.6) is 0 Å². The minimum atomic E-state index is -0.531. The molecule has 1 N–H and O–H groups in total. The van der Waals surface area contributed by atoms with Gasteiger partial charge >= 0.3 is 0 Å². The van der Waals surface area contributed by atoms with Crippen molar-refractivity contribution in [2.45, 2.75) is 52.7 Å². The van der Waals surface area contributed by atoms with Crippen molar-refractivity contribution in [3.63, 3.8) is 0 Å². The van der Waals surface area contributed by atoms with Crippen LogP contribution in [-0.2, 0) is 16.1 Å². The van der Waals surface area contributed by atoms with Crippen molar-refractivity contribution in [3.8, 4) is 0 Å². The lowest BCUT2D eigenvalue weighted by Crippen LogP contribution is -2.49. The van der Waals surface area contributed by atoms with E-state index in [4.69, 9.17) is 11.6 Å². The van der Waals surface area contributed by atoms with E-state index in [9.17, 15) is 9.59 Å². The second-order valence-electron chi connectivity index (χ2n) is 5.31. The molecule has 2 amide bonds. The first-order valence-electron chi connectivity index (χ1n) is 7.20. The smallest absolute Gasteiger partial charge is 0.242 e. The Balaban J connectivity index is 2.93. The fraction of sp³-hybridized carbons (Fsp3) is 0.500. The third-order valence-corrected chi connectivity index (χ3v) is 3.57. The lowest BCUT2D eigenvalue weighted by molar-refractivity contribution is -0.140. The molecule has 1 aromatic rings. The van der Waals surface area contributed by atoms with Gasteiger partial charge in [-0.05, 0) is 32.4 Å². The first kappa shape index (κ1) is 17.5. The van der Waals surface area contributed by atoms with Crippen molar-refractivity contribution < 1.29 is 9.59 Å². The highest BCUT2D eigenvalue weighted by molar-refractivity contribution is 6.31. The molecule has 0 heterocycles. The summed E-state index contributed by atoms with van der Waals surface area (Å²) in [6.07, 6.45) is 0.351. The van der Waals surface area contributed by atoms with Crippen LogP contribution in [0.15, 0.2) is 24.3 Å². The maximum Gasteiger partial charge on any atom is 0.242 e. The number of hydrogen-bond acceptors (Lipinski definition) is 2. The van der Waals surface area contributed by atoms with E-state index < -0.39 is 6.04 Å². The molecular formula is C16H23ClN2O2. The summed E-state index contributed by atoms with van der Waals surface area (Å²) in [5.41, 5.74) is 0.838. The van der Waals surface area contributed by atoms with Gasteiger partial charge in [-0.1, -0.05) is 36.7 Å². The molecule has 0 aliphatic carbocycles. The van der Waals surface area contributed by atoms with E-state index in [1.165, 1.54) is 0 Å². The summed E-state index contributed by atoms with van der Waals surface area (Å²) in [6, 6.07) is 6.87. The number of benzene rings is 1. The molecule has 0 fully saturated rings. The summed E-state index contributed by atoms with van der Waals surface area (Å²) in [4.78, 5) is 25.9. The quantitative estimate of drug-likeness (QED) is 0.878. The molecule has 5 heteroatoms. The lowest BCUT2D eigenvalue weighted by atomic mass is 10.1. The number of halogens is 1. The van der Waals surface area contributed by atoms with Crippen LogP contribution in [0.4, 0.5) is 0 Å². The van der Waals surface area contributed by atoms with Gasteiger partial charge in [0, 0.05) is 24.0 Å². The molecule has 0 saturated heterocycles. The molecule has 0 aliphatic rings. The van der Waals surface area contributed by atoms with E-state index in [0.717, 1.165) is 5.56 Å². The topological polar surface area (TPSA) is 49.4 Å². The first-order valence-corrected chi connectivity index (χ1v) is 7.57. The van der Waals surface area contributed by atoms with Crippen LogP contribution in [0.1, 0.15) is 39.7 Å². The average molecular weight is 311 g/mol. The molecule has 0 bridgehead atoms. The van der Waals surface area contributed by atoms with Crippen LogP contribution in [0.25, 0.3) is 0 Å². The van der Waals surface area contributed by atoms with Crippen LogP contribution >= 0.6 is 11.6 Å². The van der Waals surface area contributed by atoms with Crippen molar-refractivity contribution >= 4 is 23.4 Å². The summed E-state index contributed by atoms with van der Waals surface area (Å²) in [5.74, 6) is -0.222. The SMILES string of the molecule is CCC(=O)N(Cc1ccccc1Cl)[C@@H](C)C(=O)NC(C)C. The lowest BCUT2D eigenvalue weighted by Gasteiger charge is -2.29. The van der Waals surface area contributed by atoms with Crippen LogP contribution in [-0.4, -0.2) is 28.8 Å². The van der Waals surface area contributed by atoms with Gasteiger partial charge in [0.1, 0.15) is 6.04 Å². The Bertz CT molecular complexity index is 503. The highest BCUT2D eigenvalue weighted by atomic mass is 35.5. The van der Waals surface area contributed by atoms with Crippen LogP contribution in [0.2, 0.25) is 5.02 Å². The Labute approximate surface area is 131 Å². The van der Waals surface area contributed by atoms with Gasteiger partial charge in [0.15, 0.2) is 0 Å². The van der Waals surface area contributed by atoms with Gasteiger partial charge in [-0.3, -0.25) is 9.59 Å². The molecule has 1 aromatic carbocycles. The zero-order valence-corrected chi connectivity index (χ0v) is 13.8. The minimum absolute atomic E-state index is 0.0406. The van der Waals surface area contributed by atoms with Crippen LogP contribution in [0, 0.1) is 0 Å². The van der Waals surface area contributed by atoms with Crippen molar-refractivity contribution in [2.75, 3.05) is 0 Å². The van der Waals surface area contributed by atoms with Crippen LogP contribution < -0.4 is 5.32 Å². The number of carbonyl (C=O) groups excluding carboxylic acids is 2. The average Bonchev–Trinajstić information content (AvgIpc) is 2.44. The summed E-state index contributed by atoms with van der Waals surface area (Å²) in [7, 11) is 0. The maximum atomic E-state index is 12.2. The van der Waals surface area contributed by atoms with Gasteiger partial charge in [0.25, 0.3) is 0 Å². The Morgan fingerprint density at radius 2 is 1.86 bits per heavy atom. The molecule has 0 aromatic heterocycles. The fourth-order valence-electron chi connectivity index (χ4n) is 2.00. The molecule has 21 heavy (non-hydrogen) atoms. The van der Waals surface area contributed by atoms with E-state index in [2.05, 4.69) is 5.32 Å². The number of carbonyl (C=O) groups is 2. The Morgan fingerprint density at radius 3 is 2.38 bits per heavy atom. The standard InChI is InChI=1S/C16H23ClN2O2/c1-5-15(20)19(12(4)16(21)18-11(2)3)10-13-8-6-7-9-14(13)17/h6-9,11-12H,5,10H2,1-4H3,(H,18,21)/t12-/m0/s1. The molecule has 4 nitrogen and oxygen atoms in total. The summed E-state index contributed by atoms with van der Waals surface area (Å²) < 4.78 is 0.